The average molecular weight is 296 g/mol. The Kier molecular flexibility index (Phi) is 7.81. The van der Waals surface area contributed by atoms with Crippen LogP contribution in [-0.2, 0) is 20.8 Å². The van der Waals surface area contributed by atoms with E-state index in [1.807, 2.05) is 30.3 Å². The Hall–Kier alpha value is -2.15. The number of unbranched alkanes of at least 4 members (excludes halogenated alkanes) is 1. The van der Waals surface area contributed by atoms with Crippen LogP contribution in [0, 0.1) is 10.1 Å². The molecule has 7 nitrogen and oxygen atoms in total. The van der Waals surface area contributed by atoms with Crippen LogP contribution in [0.1, 0.15) is 24.8 Å². The van der Waals surface area contributed by atoms with Gasteiger partial charge in [-0.15, -0.1) is 10.1 Å². The van der Waals surface area contributed by atoms with Crippen molar-refractivity contribution >= 4 is 5.97 Å². The van der Waals surface area contributed by atoms with Crippen molar-refractivity contribution in [2.45, 2.75) is 31.7 Å². The van der Waals surface area contributed by atoms with Crippen molar-refractivity contribution in [2.24, 2.45) is 5.73 Å². The van der Waals surface area contributed by atoms with E-state index in [0.717, 1.165) is 5.56 Å². The van der Waals surface area contributed by atoms with Crippen molar-refractivity contribution < 1.29 is 19.5 Å². The fourth-order valence-corrected chi connectivity index (χ4v) is 1.71. The maximum atomic E-state index is 11.6. The van der Waals surface area contributed by atoms with Gasteiger partial charge in [0, 0.05) is 0 Å². The molecule has 0 saturated heterocycles. The zero-order valence-electron chi connectivity index (χ0n) is 11.8. The molecule has 1 atom stereocenters. The van der Waals surface area contributed by atoms with E-state index in [-0.39, 0.29) is 13.2 Å². The van der Waals surface area contributed by atoms with E-state index in [0.29, 0.717) is 25.7 Å². The normalized spacial score (nSPS) is 11.7. The first kappa shape index (κ1) is 16.9. The van der Waals surface area contributed by atoms with Gasteiger partial charge in [-0.1, -0.05) is 30.3 Å². The first-order valence-electron chi connectivity index (χ1n) is 6.83. The molecule has 1 rings (SSSR count). The monoisotopic (exact) mass is 296 g/mol. The second-order valence-corrected chi connectivity index (χ2v) is 4.56. The third-order valence-corrected chi connectivity index (χ3v) is 2.87. The molecular formula is C14H20N2O5. The highest BCUT2D eigenvalue weighted by Crippen LogP contribution is 2.05. The quantitative estimate of drug-likeness (QED) is 0.303. The minimum Gasteiger partial charge on any atom is -0.465 e. The molecule has 0 aliphatic rings. The largest absolute Gasteiger partial charge is 0.465 e. The Labute approximate surface area is 123 Å². The number of hydrogen-bond acceptors (Lipinski definition) is 6. The number of hydrogen-bond donors (Lipinski definition) is 1. The standard InChI is InChI=1S/C14H20N2O5/c15-13(9-8-12-6-2-1-3-7-12)14(17)20-10-4-5-11-21-16(18)19/h1-3,6-7,13H,4-5,8-11,15H2. The molecule has 0 radical (unpaired) electrons. The summed E-state index contributed by atoms with van der Waals surface area (Å²) in [5.74, 6) is -0.443. The Morgan fingerprint density at radius 2 is 1.90 bits per heavy atom. The molecule has 0 bridgehead atoms. The smallest absolute Gasteiger partial charge is 0.322 e. The molecule has 0 aromatic heterocycles. The minimum absolute atomic E-state index is 0.00457. The maximum Gasteiger partial charge on any atom is 0.322 e. The molecule has 116 valence electrons. The van der Waals surface area contributed by atoms with Gasteiger partial charge in [0.05, 0.1) is 13.2 Å². The van der Waals surface area contributed by atoms with Gasteiger partial charge in [-0.2, -0.15) is 0 Å². The van der Waals surface area contributed by atoms with Gasteiger partial charge in [0.1, 0.15) is 6.04 Å². The van der Waals surface area contributed by atoms with Gasteiger partial charge in [0.2, 0.25) is 0 Å². The van der Waals surface area contributed by atoms with Crippen LogP contribution >= 0.6 is 0 Å². The van der Waals surface area contributed by atoms with E-state index in [1.165, 1.54) is 0 Å². The molecule has 21 heavy (non-hydrogen) atoms. The van der Waals surface area contributed by atoms with Crippen molar-refractivity contribution in [3.05, 3.63) is 46.0 Å². The molecule has 0 fully saturated rings. The second kappa shape index (κ2) is 9.71. The van der Waals surface area contributed by atoms with Crippen molar-refractivity contribution in [1.82, 2.24) is 0 Å². The predicted octanol–water partition coefficient (Wildman–Crippen LogP) is 1.48. The predicted molar refractivity (Wildman–Crippen MR) is 75.9 cm³/mol. The van der Waals surface area contributed by atoms with Gasteiger partial charge in [-0.05, 0) is 31.2 Å². The Bertz CT molecular complexity index is 438. The number of aryl methyl sites for hydroxylation is 1. The molecule has 0 heterocycles. The molecule has 2 N–H and O–H groups in total. The lowest BCUT2D eigenvalue weighted by Crippen LogP contribution is -2.33. The summed E-state index contributed by atoms with van der Waals surface area (Å²) in [4.78, 5) is 25.7. The van der Waals surface area contributed by atoms with Gasteiger partial charge in [-0.3, -0.25) is 4.79 Å². The number of nitrogens with two attached hydrogens (primary N) is 1. The van der Waals surface area contributed by atoms with Crippen LogP contribution in [0.4, 0.5) is 0 Å². The van der Waals surface area contributed by atoms with Crippen molar-refractivity contribution in [3.8, 4) is 0 Å². The van der Waals surface area contributed by atoms with E-state index >= 15 is 0 Å². The maximum absolute atomic E-state index is 11.6. The topological polar surface area (TPSA) is 105 Å². The van der Waals surface area contributed by atoms with Gasteiger partial charge in [0.15, 0.2) is 0 Å². The molecule has 0 aliphatic heterocycles. The Morgan fingerprint density at radius 3 is 2.57 bits per heavy atom. The average Bonchev–Trinajstić information content (AvgIpc) is 2.48. The van der Waals surface area contributed by atoms with Gasteiger partial charge >= 0.3 is 5.97 Å². The summed E-state index contributed by atoms with van der Waals surface area (Å²) in [6.45, 7) is 0.198. The molecular weight excluding hydrogens is 276 g/mol. The zero-order chi connectivity index (χ0) is 15.5. The molecule has 1 aromatic carbocycles. The fraction of sp³-hybridized carbons (Fsp3) is 0.500. The van der Waals surface area contributed by atoms with E-state index in [9.17, 15) is 14.9 Å². The fourth-order valence-electron chi connectivity index (χ4n) is 1.71. The van der Waals surface area contributed by atoms with Crippen LogP contribution in [0.15, 0.2) is 30.3 Å². The van der Waals surface area contributed by atoms with Gasteiger partial charge in [-0.25, -0.2) is 0 Å². The van der Waals surface area contributed by atoms with Crippen LogP contribution in [-0.4, -0.2) is 30.3 Å². The van der Waals surface area contributed by atoms with Crippen LogP contribution in [0.2, 0.25) is 0 Å². The number of nitrogens with zero attached hydrogens (tertiary/aromatic N) is 1. The highest BCUT2D eigenvalue weighted by atomic mass is 16.9. The highest BCUT2D eigenvalue weighted by molar-refractivity contribution is 5.75. The number of carbonyl (C=O) groups is 1. The lowest BCUT2D eigenvalue weighted by Gasteiger charge is -2.11. The molecule has 0 aliphatic carbocycles. The van der Waals surface area contributed by atoms with Crippen molar-refractivity contribution in [1.29, 1.82) is 0 Å². The summed E-state index contributed by atoms with van der Waals surface area (Å²) in [5.41, 5.74) is 6.88. The summed E-state index contributed by atoms with van der Waals surface area (Å²) < 4.78 is 5.01. The van der Waals surface area contributed by atoms with Crippen molar-refractivity contribution in [3.63, 3.8) is 0 Å². The minimum atomic E-state index is -0.842. The molecule has 0 spiro atoms. The van der Waals surface area contributed by atoms with Crippen LogP contribution in [0.3, 0.4) is 0 Å². The molecule has 0 amide bonds. The third kappa shape index (κ3) is 7.88. The van der Waals surface area contributed by atoms with Crippen LogP contribution in [0.25, 0.3) is 0 Å². The molecule has 1 unspecified atom stereocenters. The van der Waals surface area contributed by atoms with Crippen molar-refractivity contribution in [2.75, 3.05) is 13.2 Å². The number of benzene rings is 1. The van der Waals surface area contributed by atoms with Gasteiger partial charge in [0.25, 0.3) is 5.09 Å². The van der Waals surface area contributed by atoms with Crippen LogP contribution < -0.4 is 5.73 Å². The molecule has 1 aromatic rings. The molecule has 7 heteroatoms. The van der Waals surface area contributed by atoms with Gasteiger partial charge < -0.3 is 15.3 Å². The zero-order valence-corrected chi connectivity index (χ0v) is 11.8. The van der Waals surface area contributed by atoms with Crippen LogP contribution in [0.5, 0.6) is 0 Å². The summed E-state index contributed by atoms with van der Waals surface area (Å²) in [6.07, 6.45) is 2.19. The third-order valence-electron chi connectivity index (χ3n) is 2.87. The lowest BCUT2D eigenvalue weighted by molar-refractivity contribution is -0.757. The SMILES string of the molecule is NC(CCc1ccccc1)C(=O)OCCCCO[N+](=O)[O-]. The number of ether oxygens (including phenoxy) is 1. The summed E-state index contributed by atoms with van der Waals surface area (Å²) in [6, 6.07) is 9.11. The number of esters is 1. The Morgan fingerprint density at radius 1 is 1.24 bits per heavy atom. The van der Waals surface area contributed by atoms with E-state index in [4.69, 9.17) is 10.5 Å². The highest BCUT2D eigenvalue weighted by Gasteiger charge is 2.14. The summed E-state index contributed by atoms with van der Waals surface area (Å²) in [7, 11) is 0. The molecule has 0 saturated carbocycles. The number of rotatable bonds is 10. The summed E-state index contributed by atoms with van der Waals surface area (Å²) in [5, 5.41) is 9.06. The lowest BCUT2D eigenvalue weighted by atomic mass is 10.1. The summed E-state index contributed by atoms with van der Waals surface area (Å²) >= 11 is 0. The first-order chi connectivity index (χ1) is 10.1. The van der Waals surface area contributed by atoms with E-state index in [2.05, 4.69) is 4.84 Å². The first-order valence-corrected chi connectivity index (χ1v) is 6.83. The second-order valence-electron chi connectivity index (χ2n) is 4.56. The van der Waals surface area contributed by atoms with E-state index in [1.54, 1.807) is 0 Å². The van der Waals surface area contributed by atoms with E-state index < -0.39 is 17.1 Å². The Balaban J connectivity index is 2.09. The number of carbonyl (C=O) groups excluding carboxylic acids is 1.